The summed E-state index contributed by atoms with van der Waals surface area (Å²) in [5.74, 6) is -1.29. The zero-order valence-corrected chi connectivity index (χ0v) is 12.0. The van der Waals surface area contributed by atoms with Crippen LogP contribution in [0.4, 0.5) is 23.2 Å². The zero-order valence-electron chi connectivity index (χ0n) is 10.4. The van der Waals surface area contributed by atoms with Crippen molar-refractivity contribution in [3.63, 3.8) is 0 Å². The summed E-state index contributed by atoms with van der Waals surface area (Å²) < 4.78 is 50.9. The van der Waals surface area contributed by atoms with Crippen molar-refractivity contribution in [3.8, 4) is 0 Å². The summed E-state index contributed by atoms with van der Waals surface area (Å²) in [6.07, 6.45) is -4.72. The molecule has 7 heteroatoms. The second kappa shape index (κ2) is 6.12. The SMILES string of the molecule is Fc1ccc(CNc2ccc(Cl)c(Cl)c2)cc1C(F)(F)F. The summed E-state index contributed by atoms with van der Waals surface area (Å²) in [5.41, 5.74) is -0.381. The predicted octanol–water partition coefficient (Wildman–Crippen LogP) is 5.76. The number of hydrogen-bond donors (Lipinski definition) is 1. The standard InChI is InChI=1S/C14H9Cl2F4N/c15-11-3-2-9(6-12(11)16)21-7-8-1-4-13(17)10(5-8)14(18,19)20/h1-6,21H,7H2. The largest absolute Gasteiger partial charge is 0.419 e. The Bertz CT molecular complexity index is 656. The molecule has 0 aromatic heterocycles. The molecule has 112 valence electrons. The van der Waals surface area contributed by atoms with Gasteiger partial charge in [-0.15, -0.1) is 0 Å². The van der Waals surface area contributed by atoms with Gasteiger partial charge in [0.15, 0.2) is 0 Å². The Morgan fingerprint density at radius 1 is 0.952 bits per heavy atom. The molecule has 1 N–H and O–H groups in total. The molecule has 2 aromatic rings. The molecule has 0 spiro atoms. The second-order valence-electron chi connectivity index (χ2n) is 4.29. The van der Waals surface area contributed by atoms with Crippen molar-refractivity contribution >= 4 is 28.9 Å². The molecule has 1 nitrogen and oxygen atoms in total. The van der Waals surface area contributed by atoms with E-state index in [2.05, 4.69) is 5.32 Å². The summed E-state index contributed by atoms with van der Waals surface area (Å²) in [7, 11) is 0. The van der Waals surface area contributed by atoms with E-state index in [0.29, 0.717) is 21.3 Å². The molecule has 0 saturated carbocycles. The van der Waals surface area contributed by atoms with Crippen molar-refractivity contribution in [1.82, 2.24) is 0 Å². The lowest BCUT2D eigenvalue weighted by atomic mass is 10.1. The minimum Gasteiger partial charge on any atom is -0.381 e. The van der Waals surface area contributed by atoms with Crippen LogP contribution in [0.1, 0.15) is 11.1 Å². The van der Waals surface area contributed by atoms with Crippen molar-refractivity contribution in [2.45, 2.75) is 12.7 Å². The molecule has 0 aliphatic carbocycles. The molecule has 0 aliphatic heterocycles. The summed E-state index contributed by atoms with van der Waals surface area (Å²) in [6.45, 7) is 0.0985. The van der Waals surface area contributed by atoms with E-state index < -0.39 is 17.6 Å². The number of rotatable bonds is 3. The van der Waals surface area contributed by atoms with Crippen LogP contribution in [0.3, 0.4) is 0 Å². The maximum absolute atomic E-state index is 13.2. The third kappa shape index (κ3) is 4.02. The van der Waals surface area contributed by atoms with Gasteiger partial charge >= 0.3 is 6.18 Å². The summed E-state index contributed by atoms with van der Waals surface area (Å²) in [5, 5.41) is 3.60. The highest BCUT2D eigenvalue weighted by atomic mass is 35.5. The Kier molecular flexibility index (Phi) is 4.64. The molecular weight excluding hydrogens is 329 g/mol. The molecule has 0 aliphatic rings. The molecule has 0 bridgehead atoms. The van der Waals surface area contributed by atoms with Gasteiger partial charge in [-0.2, -0.15) is 13.2 Å². The maximum atomic E-state index is 13.2. The zero-order chi connectivity index (χ0) is 15.6. The van der Waals surface area contributed by atoms with E-state index in [1.165, 1.54) is 6.07 Å². The van der Waals surface area contributed by atoms with Gasteiger partial charge in [-0.25, -0.2) is 4.39 Å². The Morgan fingerprint density at radius 3 is 2.29 bits per heavy atom. The van der Waals surface area contributed by atoms with Gasteiger partial charge in [0.05, 0.1) is 15.6 Å². The number of hydrogen-bond acceptors (Lipinski definition) is 1. The Labute approximate surface area is 128 Å². The van der Waals surface area contributed by atoms with Crippen LogP contribution in [0.25, 0.3) is 0 Å². The van der Waals surface area contributed by atoms with Crippen LogP contribution < -0.4 is 5.32 Å². The lowest BCUT2D eigenvalue weighted by Crippen LogP contribution is -2.10. The molecular formula is C14H9Cl2F4N. The monoisotopic (exact) mass is 337 g/mol. The van der Waals surface area contributed by atoms with Crippen LogP contribution in [0.15, 0.2) is 36.4 Å². The van der Waals surface area contributed by atoms with E-state index in [0.717, 1.165) is 12.1 Å². The average molecular weight is 338 g/mol. The molecule has 0 amide bonds. The number of benzene rings is 2. The maximum Gasteiger partial charge on any atom is 0.419 e. The smallest absolute Gasteiger partial charge is 0.381 e. The van der Waals surface area contributed by atoms with Crippen molar-refractivity contribution in [1.29, 1.82) is 0 Å². The fraction of sp³-hybridized carbons (Fsp3) is 0.143. The first-order valence-corrected chi connectivity index (χ1v) is 6.57. The summed E-state index contributed by atoms with van der Waals surface area (Å²) in [4.78, 5) is 0. The lowest BCUT2D eigenvalue weighted by Gasteiger charge is -2.11. The van der Waals surface area contributed by atoms with Crippen LogP contribution in [-0.2, 0) is 12.7 Å². The molecule has 0 atom stereocenters. The minimum atomic E-state index is -4.72. The summed E-state index contributed by atoms with van der Waals surface area (Å²) >= 11 is 11.6. The minimum absolute atomic E-state index is 0.0985. The molecule has 21 heavy (non-hydrogen) atoms. The van der Waals surface area contributed by atoms with Gasteiger partial charge in [0.25, 0.3) is 0 Å². The lowest BCUT2D eigenvalue weighted by molar-refractivity contribution is -0.140. The quantitative estimate of drug-likeness (QED) is 0.701. The van der Waals surface area contributed by atoms with Gasteiger partial charge < -0.3 is 5.32 Å². The number of alkyl halides is 3. The first kappa shape index (κ1) is 15.9. The van der Waals surface area contributed by atoms with Crippen molar-refractivity contribution in [2.75, 3.05) is 5.32 Å². The number of anilines is 1. The normalized spacial score (nSPS) is 11.5. The molecule has 0 radical (unpaired) electrons. The highest BCUT2D eigenvalue weighted by Gasteiger charge is 2.34. The van der Waals surface area contributed by atoms with Crippen molar-refractivity contribution in [2.24, 2.45) is 0 Å². The van der Waals surface area contributed by atoms with E-state index in [4.69, 9.17) is 23.2 Å². The second-order valence-corrected chi connectivity index (χ2v) is 5.11. The average Bonchev–Trinajstić information content (AvgIpc) is 2.40. The van der Waals surface area contributed by atoms with Crippen LogP contribution >= 0.6 is 23.2 Å². The van der Waals surface area contributed by atoms with Crippen LogP contribution in [0, 0.1) is 5.82 Å². The first-order chi connectivity index (χ1) is 9.77. The Morgan fingerprint density at radius 2 is 1.67 bits per heavy atom. The molecule has 0 fully saturated rings. The van der Waals surface area contributed by atoms with E-state index in [-0.39, 0.29) is 6.54 Å². The topological polar surface area (TPSA) is 12.0 Å². The van der Waals surface area contributed by atoms with Gasteiger partial charge in [0, 0.05) is 12.2 Å². The van der Waals surface area contributed by atoms with Gasteiger partial charge in [0.2, 0.25) is 0 Å². The van der Waals surface area contributed by atoms with E-state index in [1.54, 1.807) is 18.2 Å². The Hall–Kier alpha value is -1.46. The van der Waals surface area contributed by atoms with Crippen molar-refractivity contribution < 1.29 is 17.6 Å². The third-order valence-electron chi connectivity index (χ3n) is 2.75. The highest BCUT2D eigenvalue weighted by Crippen LogP contribution is 2.32. The van der Waals surface area contributed by atoms with Crippen LogP contribution in [-0.4, -0.2) is 0 Å². The van der Waals surface area contributed by atoms with Gasteiger partial charge in [0.1, 0.15) is 5.82 Å². The first-order valence-electron chi connectivity index (χ1n) is 5.82. The molecule has 0 unspecified atom stereocenters. The van der Waals surface area contributed by atoms with Crippen LogP contribution in [0.2, 0.25) is 10.0 Å². The van der Waals surface area contributed by atoms with E-state index >= 15 is 0 Å². The third-order valence-corrected chi connectivity index (χ3v) is 3.49. The van der Waals surface area contributed by atoms with Gasteiger partial charge in [-0.3, -0.25) is 0 Å². The fourth-order valence-corrected chi connectivity index (χ4v) is 2.01. The van der Waals surface area contributed by atoms with Crippen molar-refractivity contribution in [3.05, 3.63) is 63.4 Å². The molecule has 0 heterocycles. The molecule has 2 aromatic carbocycles. The van der Waals surface area contributed by atoms with Gasteiger partial charge in [-0.05, 0) is 35.9 Å². The van der Waals surface area contributed by atoms with Gasteiger partial charge in [-0.1, -0.05) is 29.3 Å². The number of halogens is 6. The molecule has 2 rings (SSSR count). The Balaban J connectivity index is 2.15. The van der Waals surface area contributed by atoms with Crippen LogP contribution in [0.5, 0.6) is 0 Å². The summed E-state index contributed by atoms with van der Waals surface area (Å²) in [6, 6.07) is 7.63. The molecule has 0 saturated heterocycles. The predicted molar refractivity (Wildman–Crippen MR) is 75.2 cm³/mol. The highest BCUT2D eigenvalue weighted by molar-refractivity contribution is 6.42. The fourth-order valence-electron chi connectivity index (χ4n) is 1.71. The van der Waals surface area contributed by atoms with E-state index in [9.17, 15) is 17.6 Å². The van der Waals surface area contributed by atoms with E-state index in [1.807, 2.05) is 0 Å². The number of nitrogens with one attached hydrogen (secondary N) is 1.